The molecule has 0 saturated heterocycles. The standard InChI is InChI=1S/C17H34BrNO3/c1-7-9-10-11-12-21-17(6,13-18)14-19(8-2)15(20)22-16(3,4)5/h7-14H2,1-6H3. The van der Waals surface area contributed by atoms with Gasteiger partial charge in [0.1, 0.15) is 5.60 Å². The van der Waals surface area contributed by atoms with Crippen LogP contribution in [0.1, 0.15) is 67.2 Å². The lowest BCUT2D eigenvalue weighted by atomic mass is 10.1. The van der Waals surface area contributed by atoms with E-state index in [1.54, 1.807) is 4.90 Å². The van der Waals surface area contributed by atoms with Gasteiger partial charge in [-0.2, -0.15) is 0 Å². The number of unbranched alkanes of at least 4 members (excludes halogenated alkanes) is 3. The molecule has 0 N–H and O–H groups in total. The van der Waals surface area contributed by atoms with E-state index in [1.165, 1.54) is 19.3 Å². The zero-order valence-electron chi connectivity index (χ0n) is 15.2. The molecule has 5 heteroatoms. The predicted molar refractivity (Wildman–Crippen MR) is 95.8 cm³/mol. The first-order chi connectivity index (χ1) is 10.2. The van der Waals surface area contributed by atoms with Crippen molar-refractivity contribution < 1.29 is 14.3 Å². The number of hydrogen-bond acceptors (Lipinski definition) is 3. The smallest absolute Gasteiger partial charge is 0.410 e. The van der Waals surface area contributed by atoms with Crippen molar-refractivity contribution in [1.82, 2.24) is 4.90 Å². The van der Waals surface area contributed by atoms with E-state index >= 15 is 0 Å². The summed E-state index contributed by atoms with van der Waals surface area (Å²) in [5.41, 5.74) is -0.866. The molecule has 0 bridgehead atoms. The number of halogens is 1. The van der Waals surface area contributed by atoms with E-state index in [1.807, 2.05) is 34.6 Å². The van der Waals surface area contributed by atoms with E-state index < -0.39 is 5.60 Å². The number of ether oxygens (including phenoxy) is 2. The second-order valence-electron chi connectivity index (χ2n) is 6.99. The maximum absolute atomic E-state index is 12.2. The number of carbonyl (C=O) groups is 1. The molecule has 0 spiro atoms. The number of likely N-dealkylation sites (N-methyl/N-ethyl adjacent to an activating group) is 1. The molecule has 22 heavy (non-hydrogen) atoms. The van der Waals surface area contributed by atoms with Crippen LogP contribution in [0.25, 0.3) is 0 Å². The van der Waals surface area contributed by atoms with Crippen LogP contribution < -0.4 is 0 Å². The van der Waals surface area contributed by atoms with E-state index in [0.29, 0.717) is 18.4 Å². The number of alkyl halides is 1. The van der Waals surface area contributed by atoms with Gasteiger partial charge in [0, 0.05) is 18.5 Å². The van der Waals surface area contributed by atoms with Crippen LogP contribution in [0.3, 0.4) is 0 Å². The minimum Gasteiger partial charge on any atom is -0.444 e. The van der Waals surface area contributed by atoms with Gasteiger partial charge >= 0.3 is 6.09 Å². The Morgan fingerprint density at radius 3 is 2.18 bits per heavy atom. The maximum atomic E-state index is 12.2. The normalized spacial score (nSPS) is 14.5. The summed E-state index contributed by atoms with van der Waals surface area (Å²) in [6.45, 7) is 13.7. The highest BCUT2D eigenvalue weighted by molar-refractivity contribution is 9.09. The van der Waals surface area contributed by atoms with Gasteiger partial charge < -0.3 is 14.4 Å². The molecular formula is C17H34BrNO3. The summed E-state index contributed by atoms with van der Waals surface area (Å²) in [4.78, 5) is 13.9. The fourth-order valence-corrected chi connectivity index (χ4v) is 2.35. The van der Waals surface area contributed by atoms with Crippen LogP contribution in [0.4, 0.5) is 4.79 Å². The molecular weight excluding hydrogens is 346 g/mol. The van der Waals surface area contributed by atoms with Gasteiger partial charge in [-0.25, -0.2) is 4.79 Å². The van der Waals surface area contributed by atoms with E-state index in [9.17, 15) is 4.79 Å². The topological polar surface area (TPSA) is 38.8 Å². The lowest BCUT2D eigenvalue weighted by Gasteiger charge is -2.35. The van der Waals surface area contributed by atoms with Crippen LogP contribution in [-0.2, 0) is 9.47 Å². The molecule has 0 aromatic carbocycles. The summed E-state index contributed by atoms with van der Waals surface area (Å²) in [6.07, 6.45) is 4.44. The average molecular weight is 380 g/mol. The van der Waals surface area contributed by atoms with E-state index in [4.69, 9.17) is 9.47 Å². The van der Waals surface area contributed by atoms with Gasteiger partial charge in [-0.3, -0.25) is 0 Å². The third-order valence-corrected chi connectivity index (χ3v) is 4.48. The minimum atomic E-state index is -0.476. The molecule has 0 radical (unpaired) electrons. The largest absolute Gasteiger partial charge is 0.444 e. The fraction of sp³-hybridized carbons (Fsp3) is 0.941. The van der Waals surface area contributed by atoms with Crippen molar-refractivity contribution in [1.29, 1.82) is 0 Å². The SMILES string of the molecule is CCCCCCOC(C)(CBr)CN(CC)C(=O)OC(C)(C)C. The van der Waals surface area contributed by atoms with Crippen molar-refractivity contribution in [3.63, 3.8) is 0 Å². The molecule has 0 aromatic rings. The van der Waals surface area contributed by atoms with Crippen molar-refractivity contribution in [2.75, 3.05) is 25.0 Å². The highest BCUT2D eigenvalue weighted by atomic mass is 79.9. The van der Waals surface area contributed by atoms with Crippen molar-refractivity contribution in [2.24, 2.45) is 0 Å². The molecule has 0 saturated carbocycles. The molecule has 4 nitrogen and oxygen atoms in total. The molecule has 1 unspecified atom stereocenters. The van der Waals surface area contributed by atoms with Crippen LogP contribution in [0.5, 0.6) is 0 Å². The van der Waals surface area contributed by atoms with E-state index in [0.717, 1.165) is 13.0 Å². The van der Waals surface area contributed by atoms with Gasteiger partial charge in [-0.05, 0) is 41.0 Å². The quantitative estimate of drug-likeness (QED) is 0.396. The number of hydrogen-bond donors (Lipinski definition) is 0. The first kappa shape index (κ1) is 21.7. The van der Waals surface area contributed by atoms with Gasteiger partial charge in [-0.15, -0.1) is 0 Å². The summed E-state index contributed by atoms with van der Waals surface area (Å²) in [6, 6.07) is 0. The number of rotatable bonds is 10. The van der Waals surface area contributed by atoms with Gasteiger partial charge in [0.25, 0.3) is 0 Å². The molecule has 0 heterocycles. The molecule has 1 atom stereocenters. The first-order valence-electron chi connectivity index (χ1n) is 8.35. The Balaban J connectivity index is 4.48. The van der Waals surface area contributed by atoms with Crippen molar-refractivity contribution in [2.45, 2.75) is 78.4 Å². The van der Waals surface area contributed by atoms with Crippen LogP contribution in [0.2, 0.25) is 0 Å². The summed E-state index contributed by atoms with van der Waals surface area (Å²) in [5.74, 6) is 0. The fourth-order valence-electron chi connectivity index (χ4n) is 2.01. The Hall–Kier alpha value is -0.290. The van der Waals surface area contributed by atoms with Crippen molar-refractivity contribution in [3.05, 3.63) is 0 Å². The number of amides is 1. The zero-order valence-corrected chi connectivity index (χ0v) is 16.8. The molecule has 0 fully saturated rings. The Morgan fingerprint density at radius 1 is 1.09 bits per heavy atom. The van der Waals surface area contributed by atoms with Gasteiger partial charge in [0.2, 0.25) is 0 Å². The third-order valence-electron chi connectivity index (χ3n) is 3.29. The molecule has 0 aliphatic heterocycles. The van der Waals surface area contributed by atoms with Crippen LogP contribution >= 0.6 is 15.9 Å². The number of nitrogens with zero attached hydrogens (tertiary/aromatic N) is 1. The van der Waals surface area contributed by atoms with Gasteiger partial charge in [0.15, 0.2) is 0 Å². The molecule has 0 aliphatic rings. The Kier molecular flexibility index (Phi) is 10.3. The monoisotopic (exact) mass is 379 g/mol. The predicted octanol–water partition coefficient (Wildman–Crippen LogP) is 4.99. The van der Waals surface area contributed by atoms with Gasteiger partial charge in [-0.1, -0.05) is 42.1 Å². The molecule has 0 rings (SSSR count). The molecule has 0 aromatic heterocycles. The Morgan fingerprint density at radius 2 is 1.73 bits per heavy atom. The van der Waals surface area contributed by atoms with E-state index in [2.05, 4.69) is 22.9 Å². The summed E-state index contributed by atoms with van der Waals surface area (Å²) in [5, 5.41) is 0.688. The highest BCUT2D eigenvalue weighted by Gasteiger charge is 2.30. The zero-order chi connectivity index (χ0) is 17.2. The van der Waals surface area contributed by atoms with Crippen LogP contribution in [-0.4, -0.2) is 47.2 Å². The van der Waals surface area contributed by atoms with Gasteiger partial charge in [0.05, 0.1) is 12.1 Å². The third kappa shape index (κ3) is 9.67. The first-order valence-corrected chi connectivity index (χ1v) is 9.47. The molecule has 1 amide bonds. The second kappa shape index (κ2) is 10.5. The number of carbonyl (C=O) groups excluding carboxylic acids is 1. The summed E-state index contributed by atoms with van der Waals surface area (Å²) in [7, 11) is 0. The minimum absolute atomic E-state index is 0.281. The summed E-state index contributed by atoms with van der Waals surface area (Å²) >= 11 is 3.52. The highest BCUT2D eigenvalue weighted by Crippen LogP contribution is 2.19. The lowest BCUT2D eigenvalue weighted by molar-refractivity contribution is -0.0433. The Labute approximate surface area is 145 Å². The Bertz CT molecular complexity index is 318. The van der Waals surface area contributed by atoms with Crippen molar-refractivity contribution >= 4 is 22.0 Å². The second-order valence-corrected chi connectivity index (χ2v) is 7.55. The molecule has 0 aliphatic carbocycles. The van der Waals surface area contributed by atoms with E-state index in [-0.39, 0.29) is 11.7 Å². The summed E-state index contributed by atoms with van der Waals surface area (Å²) < 4.78 is 11.5. The van der Waals surface area contributed by atoms with Crippen LogP contribution in [0, 0.1) is 0 Å². The maximum Gasteiger partial charge on any atom is 0.410 e. The lowest BCUT2D eigenvalue weighted by Crippen LogP contribution is -2.48. The van der Waals surface area contributed by atoms with Crippen molar-refractivity contribution in [3.8, 4) is 0 Å². The average Bonchev–Trinajstić information content (AvgIpc) is 2.42. The molecule has 132 valence electrons. The van der Waals surface area contributed by atoms with Crippen LogP contribution in [0.15, 0.2) is 0 Å².